The van der Waals surface area contributed by atoms with E-state index in [4.69, 9.17) is 4.74 Å². The third-order valence-corrected chi connectivity index (χ3v) is 3.15. The zero-order chi connectivity index (χ0) is 11.0. The molecule has 1 aromatic carbocycles. The molecule has 4 nitrogen and oxygen atoms in total. The molecule has 2 heterocycles. The van der Waals surface area contributed by atoms with Crippen molar-refractivity contribution in [3.8, 4) is 5.75 Å². The van der Waals surface area contributed by atoms with E-state index in [1.807, 2.05) is 18.2 Å². The number of methoxy groups -OCH3 is 1. The average Bonchev–Trinajstić information content (AvgIpc) is 2.96. The highest BCUT2D eigenvalue weighted by Gasteiger charge is 2.19. The highest BCUT2D eigenvalue weighted by atomic mass is 16.5. The first kappa shape index (κ1) is 9.66. The number of rotatable bonds is 2. The van der Waals surface area contributed by atoms with Gasteiger partial charge < -0.3 is 15.0 Å². The first-order chi connectivity index (χ1) is 7.86. The lowest BCUT2D eigenvalue weighted by Crippen LogP contribution is -2.08. The van der Waals surface area contributed by atoms with Gasteiger partial charge in [-0.05, 0) is 25.1 Å². The molecular formula is C12H15N3O. The van der Waals surface area contributed by atoms with Crippen molar-refractivity contribution in [2.45, 2.75) is 12.3 Å². The van der Waals surface area contributed by atoms with E-state index >= 15 is 0 Å². The molecule has 84 valence electrons. The molecule has 0 unspecified atom stereocenters. The number of aromatic nitrogens is 2. The number of aromatic amines is 1. The van der Waals surface area contributed by atoms with E-state index in [0.717, 1.165) is 42.1 Å². The Labute approximate surface area is 94.0 Å². The third-order valence-electron chi connectivity index (χ3n) is 3.15. The summed E-state index contributed by atoms with van der Waals surface area (Å²) in [6.07, 6.45) is 1.16. The van der Waals surface area contributed by atoms with Crippen LogP contribution in [0.2, 0.25) is 0 Å². The molecule has 16 heavy (non-hydrogen) atoms. The molecule has 1 aromatic heterocycles. The van der Waals surface area contributed by atoms with Crippen molar-refractivity contribution in [2.24, 2.45) is 0 Å². The normalized spacial score (nSPS) is 20.4. The lowest BCUT2D eigenvalue weighted by Gasteiger charge is -2.01. The van der Waals surface area contributed by atoms with Gasteiger partial charge in [0.2, 0.25) is 0 Å². The van der Waals surface area contributed by atoms with Crippen LogP contribution in [-0.4, -0.2) is 30.2 Å². The number of ether oxygens (including phenoxy) is 1. The summed E-state index contributed by atoms with van der Waals surface area (Å²) < 4.78 is 5.20. The first-order valence-electron chi connectivity index (χ1n) is 5.61. The smallest absolute Gasteiger partial charge is 0.121 e. The van der Waals surface area contributed by atoms with Gasteiger partial charge in [-0.25, -0.2) is 4.98 Å². The van der Waals surface area contributed by atoms with E-state index in [1.165, 1.54) is 0 Å². The van der Waals surface area contributed by atoms with E-state index in [1.54, 1.807) is 7.11 Å². The topological polar surface area (TPSA) is 49.9 Å². The molecule has 0 saturated carbocycles. The SMILES string of the molecule is COc1ccc2nc([C@H]3CCNC3)[nH]c2c1. The van der Waals surface area contributed by atoms with Crippen molar-refractivity contribution >= 4 is 11.0 Å². The number of hydrogen-bond donors (Lipinski definition) is 2. The maximum atomic E-state index is 5.20. The Morgan fingerprint density at radius 1 is 1.44 bits per heavy atom. The number of nitrogens with one attached hydrogen (secondary N) is 2. The van der Waals surface area contributed by atoms with E-state index in [2.05, 4.69) is 15.3 Å². The lowest BCUT2D eigenvalue weighted by molar-refractivity contribution is 0.415. The van der Waals surface area contributed by atoms with E-state index in [9.17, 15) is 0 Å². The van der Waals surface area contributed by atoms with Gasteiger partial charge in [-0.1, -0.05) is 0 Å². The molecule has 1 atom stereocenters. The van der Waals surface area contributed by atoms with Gasteiger partial charge in [-0.3, -0.25) is 0 Å². The van der Waals surface area contributed by atoms with Crippen molar-refractivity contribution in [3.63, 3.8) is 0 Å². The van der Waals surface area contributed by atoms with Crippen LogP contribution in [0.15, 0.2) is 18.2 Å². The number of nitrogens with zero attached hydrogens (tertiary/aromatic N) is 1. The Morgan fingerprint density at radius 3 is 3.12 bits per heavy atom. The molecule has 2 aromatic rings. The third kappa shape index (κ3) is 1.55. The number of fused-ring (bicyclic) bond motifs is 1. The number of H-pyrrole nitrogens is 1. The molecule has 0 spiro atoms. The predicted molar refractivity (Wildman–Crippen MR) is 62.9 cm³/mol. The minimum Gasteiger partial charge on any atom is -0.497 e. The highest BCUT2D eigenvalue weighted by molar-refractivity contribution is 5.76. The Bertz CT molecular complexity index is 500. The molecule has 1 saturated heterocycles. The van der Waals surface area contributed by atoms with Crippen LogP contribution >= 0.6 is 0 Å². The van der Waals surface area contributed by atoms with E-state index < -0.39 is 0 Å². The maximum Gasteiger partial charge on any atom is 0.121 e. The van der Waals surface area contributed by atoms with Gasteiger partial charge in [0.15, 0.2) is 0 Å². The second-order valence-corrected chi connectivity index (χ2v) is 4.19. The van der Waals surface area contributed by atoms with Crippen LogP contribution in [0, 0.1) is 0 Å². The minimum atomic E-state index is 0.526. The van der Waals surface area contributed by atoms with Gasteiger partial charge in [0.05, 0.1) is 18.1 Å². The van der Waals surface area contributed by atoms with Crippen LogP contribution in [0.5, 0.6) is 5.75 Å². The van der Waals surface area contributed by atoms with Crippen LogP contribution in [0.1, 0.15) is 18.2 Å². The Kier molecular flexibility index (Phi) is 2.29. The largest absolute Gasteiger partial charge is 0.497 e. The summed E-state index contributed by atoms with van der Waals surface area (Å²) in [6, 6.07) is 5.94. The quantitative estimate of drug-likeness (QED) is 0.804. The Hall–Kier alpha value is -1.55. The zero-order valence-corrected chi connectivity index (χ0v) is 9.29. The van der Waals surface area contributed by atoms with Crippen LogP contribution in [0.25, 0.3) is 11.0 Å². The summed E-state index contributed by atoms with van der Waals surface area (Å²) in [7, 11) is 1.68. The fourth-order valence-corrected chi connectivity index (χ4v) is 2.22. The van der Waals surface area contributed by atoms with Gasteiger partial charge in [0.1, 0.15) is 11.6 Å². The summed E-state index contributed by atoms with van der Waals surface area (Å²) in [5.41, 5.74) is 2.07. The van der Waals surface area contributed by atoms with Gasteiger partial charge in [-0.2, -0.15) is 0 Å². The van der Waals surface area contributed by atoms with Gasteiger partial charge >= 0.3 is 0 Å². The van der Waals surface area contributed by atoms with Crippen molar-refractivity contribution < 1.29 is 4.74 Å². The summed E-state index contributed by atoms with van der Waals surface area (Å²) in [4.78, 5) is 8.00. The average molecular weight is 217 g/mol. The van der Waals surface area contributed by atoms with Gasteiger partial charge in [0, 0.05) is 18.5 Å². The molecule has 0 radical (unpaired) electrons. The Morgan fingerprint density at radius 2 is 2.38 bits per heavy atom. The summed E-state index contributed by atoms with van der Waals surface area (Å²) >= 11 is 0. The van der Waals surface area contributed by atoms with Gasteiger partial charge in [0.25, 0.3) is 0 Å². The Balaban J connectivity index is 2.01. The lowest BCUT2D eigenvalue weighted by atomic mass is 10.1. The maximum absolute atomic E-state index is 5.20. The minimum absolute atomic E-state index is 0.526. The number of imidazole rings is 1. The second-order valence-electron chi connectivity index (χ2n) is 4.19. The van der Waals surface area contributed by atoms with Crippen LogP contribution in [0.4, 0.5) is 0 Å². The molecule has 0 bridgehead atoms. The zero-order valence-electron chi connectivity index (χ0n) is 9.29. The van der Waals surface area contributed by atoms with Gasteiger partial charge in [-0.15, -0.1) is 0 Å². The standard InChI is InChI=1S/C12H15N3O/c1-16-9-2-3-10-11(6-9)15-12(14-10)8-4-5-13-7-8/h2-3,6,8,13H,4-5,7H2,1H3,(H,14,15)/t8-/m0/s1. The van der Waals surface area contributed by atoms with Crippen molar-refractivity contribution in [1.82, 2.24) is 15.3 Å². The predicted octanol–water partition coefficient (Wildman–Crippen LogP) is 1.65. The molecule has 1 fully saturated rings. The van der Waals surface area contributed by atoms with E-state index in [-0.39, 0.29) is 0 Å². The first-order valence-corrected chi connectivity index (χ1v) is 5.61. The molecule has 4 heteroatoms. The van der Waals surface area contributed by atoms with Crippen LogP contribution < -0.4 is 10.1 Å². The van der Waals surface area contributed by atoms with Crippen molar-refractivity contribution in [1.29, 1.82) is 0 Å². The molecule has 1 aliphatic heterocycles. The molecule has 0 amide bonds. The molecule has 3 rings (SSSR count). The van der Waals surface area contributed by atoms with E-state index in [0.29, 0.717) is 5.92 Å². The van der Waals surface area contributed by atoms with Crippen LogP contribution in [0.3, 0.4) is 0 Å². The fourth-order valence-electron chi connectivity index (χ4n) is 2.22. The van der Waals surface area contributed by atoms with Crippen molar-refractivity contribution in [2.75, 3.05) is 20.2 Å². The molecule has 1 aliphatic rings. The summed E-state index contributed by atoms with van der Waals surface area (Å²) in [5.74, 6) is 2.49. The van der Waals surface area contributed by atoms with Crippen molar-refractivity contribution in [3.05, 3.63) is 24.0 Å². The number of benzene rings is 1. The molecule has 2 N–H and O–H groups in total. The summed E-state index contributed by atoms with van der Waals surface area (Å²) in [5, 5.41) is 3.35. The monoisotopic (exact) mass is 217 g/mol. The molecular weight excluding hydrogens is 202 g/mol. The summed E-state index contributed by atoms with van der Waals surface area (Å²) in [6.45, 7) is 2.11. The molecule has 0 aliphatic carbocycles. The highest BCUT2D eigenvalue weighted by Crippen LogP contribution is 2.24. The number of hydrogen-bond acceptors (Lipinski definition) is 3. The van der Waals surface area contributed by atoms with Crippen LogP contribution in [-0.2, 0) is 0 Å². The second kappa shape index (κ2) is 3.79. The fraction of sp³-hybridized carbons (Fsp3) is 0.417.